The van der Waals surface area contributed by atoms with Crippen molar-refractivity contribution < 1.29 is 14.7 Å². The van der Waals surface area contributed by atoms with Gasteiger partial charge in [0.1, 0.15) is 11.8 Å². The van der Waals surface area contributed by atoms with E-state index in [2.05, 4.69) is 0 Å². The van der Waals surface area contributed by atoms with Gasteiger partial charge in [0.2, 0.25) is 0 Å². The molecule has 1 aliphatic heterocycles. The molecule has 0 saturated carbocycles. The summed E-state index contributed by atoms with van der Waals surface area (Å²) in [5.74, 6) is -1.69. The maximum absolute atomic E-state index is 13.0. The molecule has 2 aromatic carbocycles. The molecule has 1 atom stereocenters. The largest absolute Gasteiger partial charge is 0.507 e. The van der Waals surface area contributed by atoms with Gasteiger partial charge in [0.05, 0.1) is 5.57 Å². The molecule has 1 N–H and O–H groups in total. The average molecular weight is 444 g/mol. The highest BCUT2D eigenvalue weighted by molar-refractivity contribution is 7.10. The molecule has 0 bridgehead atoms. The van der Waals surface area contributed by atoms with E-state index >= 15 is 0 Å². The number of amides is 1. The van der Waals surface area contributed by atoms with Gasteiger partial charge in [-0.25, -0.2) is 0 Å². The van der Waals surface area contributed by atoms with Gasteiger partial charge in [-0.1, -0.05) is 35.3 Å². The van der Waals surface area contributed by atoms with Gasteiger partial charge in [-0.2, -0.15) is 0 Å². The van der Waals surface area contributed by atoms with Crippen LogP contribution in [0.2, 0.25) is 10.0 Å². The maximum Gasteiger partial charge on any atom is 0.300 e. The molecule has 0 aliphatic carbocycles. The van der Waals surface area contributed by atoms with Crippen LogP contribution in [0.3, 0.4) is 0 Å². The van der Waals surface area contributed by atoms with E-state index in [9.17, 15) is 14.7 Å². The first-order valence-electron chi connectivity index (χ1n) is 8.75. The third-order valence-electron chi connectivity index (χ3n) is 4.80. The number of rotatable bonds is 3. The Hall–Kier alpha value is -2.60. The Morgan fingerprint density at radius 3 is 2.38 bits per heavy atom. The lowest BCUT2D eigenvalue weighted by atomic mass is 9.98. The number of hydrogen-bond donors (Lipinski definition) is 1. The zero-order chi connectivity index (χ0) is 20.7. The van der Waals surface area contributed by atoms with Gasteiger partial charge in [0.15, 0.2) is 0 Å². The molecule has 1 aliphatic rings. The van der Waals surface area contributed by atoms with Gasteiger partial charge < -0.3 is 5.11 Å². The summed E-state index contributed by atoms with van der Waals surface area (Å²) in [5, 5.41) is 13.8. The van der Waals surface area contributed by atoms with E-state index in [0.717, 1.165) is 10.4 Å². The Kier molecular flexibility index (Phi) is 5.21. The predicted octanol–water partition coefficient (Wildman–Crippen LogP) is 5.99. The molecule has 1 fully saturated rings. The van der Waals surface area contributed by atoms with Crippen molar-refractivity contribution >= 4 is 57.7 Å². The van der Waals surface area contributed by atoms with E-state index in [1.54, 1.807) is 48.5 Å². The highest BCUT2D eigenvalue weighted by Gasteiger charge is 2.47. The molecular formula is C22H15Cl2NO3S. The first-order valence-corrected chi connectivity index (χ1v) is 10.4. The van der Waals surface area contributed by atoms with Crippen molar-refractivity contribution in [1.29, 1.82) is 0 Å². The first kappa shape index (κ1) is 19.7. The van der Waals surface area contributed by atoms with E-state index in [1.807, 2.05) is 18.4 Å². The topological polar surface area (TPSA) is 57.6 Å². The Morgan fingerprint density at radius 2 is 1.76 bits per heavy atom. The number of hydrogen-bond acceptors (Lipinski definition) is 4. The summed E-state index contributed by atoms with van der Waals surface area (Å²) in [6.07, 6.45) is 0. The molecule has 146 valence electrons. The zero-order valence-electron chi connectivity index (χ0n) is 15.2. The van der Waals surface area contributed by atoms with Gasteiger partial charge in [-0.05, 0) is 60.3 Å². The van der Waals surface area contributed by atoms with Gasteiger partial charge in [0, 0.05) is 26.2 Å². The van der Waals surface area contributed by atoms with Gasteiger partial charge in [-0.3, -0.25) is 14.5 Å². The third-order valence-corrected chi connectivity index (χ3v) is 6.36. The Balaban J connectivity index is 1.96. The van der Waals surface area contributed by atoms with Gasteiger partial charge in [-0.15, -0.1) is 11.3 Å². The number of aryl methyl sites for hydroxylation is 1. The number of Topliss-reactive ketones (excluding diaryl/α,β-unsaturated/α-hetero) is 1. The summed E-state index contributed by atoms with van der Waals surface area (Å²) in [7, 11) is 0. The summed E-state index contributed by atoms with van der Waals surface area (Å²) in [4.78, 5) is 28.2. The number of thiophene rings is 1. The quantitative estimate of drug-likeness (QED) is 0.307. The highest BCUT2D eigenvalue weighted by Crippen LogP contribution is 2.45. The van der Waals surface area contributed by atoms with Crippen molar-refractivity contribution in [3.05, 3.63) is 91.6 Å². The van der Waals surface area contributed by atoms with Crippen molar-refractivity contribution in [1.82, 2.24) is 0 Å². The number of aliphatic hydroxyl groups excluding tert-OH is 1. The highest BCUT2D eigenvalue weighted by atomic mass is 35.5. The van der Waals surface area contributed by atoms with Crippen LogP contribution in [0.1, 0.15) is 22.0 Å². The lowest BCUT2D eigenvalue weighted by Crippen LogP contribution is -2.29. The number of carbonyl (C=O) groups is 2. The lowest BCUT2D eigenvalue weighted by Gasteiger charge is -2.25. The number of nitrogens with zero attached hydrogens (tertiary/aromatic N) is 1. The van der Waals surface area contributed by atoms with Crippen LogP contribution in [0.5, 0.6) is 0 Å². The van der Waals surface area contributed by atoms with Crippen molar-refractivity contribution in [3.63, 3.8) is 0 Å². The molecule has 1 saturated heterocycles. The van der Waals surface area contributed by atoms with E-state index < -0.39 is 17.7 Å². The molecule has 1 unspecified atom stereocenters. The van der Waals surface area contributed by atoms with Crippen LogP contribution in [-0.4, -0.2) is 16.8 Å². The summed E-state index contributed by atoms with van der Waals surface area (Å²) >= 11 is 13.5. The molecule has 1 aromatic heterocycles. The Labute approximate surface area is 181 Å². The average Bonchev–Trinajstić information content (AvgIpc) is 3.23. The second kappa shape index (κ2) is 7.67. The molecule has 4 rings (SSSR count). The number of aliphatic hydroxyl groups is 1. The molecule has 0 radical (unpaired) electrons. The molecule has 29 heavy (non-hydrogen) atoms. The molecule has 0 spiro atoms. The smallest absolute Gasteiger partial charge is 0.300 e. The minimum atomic E-state index is -0.741. The predicted molar refractivity (Wildman–Crippen MR) is 117 cm³/mol. The second-order valence-electron chi connectivity index (χ2n) is 6.62. The fourth-order valence-electron chi connectivity index (χ4n) is 3.40. The Morgan fingerprint density at radius 1 is 1.03 bits per heavy atom. The number of ketones is 1. The molecule has 3 aromatic rings. The van der Waals surface area contributed by atoms with E-state index in [4.69, 9.17) is 23.2 Å². The summed E-state index contributed by atoms with van der Waals surface area (Å²) in [5.41, 5.74) is 1.88. The molecule has 2 heterocycles. The fraction of sp³-hybridized carbons (Fsp3) is 0.0909. The van der Waals surface area contributed by atoms with Crippen LogP contribution in [0.15, 0.2) is 65.6 Å². The summed E-state index contributed by atoms with van der Waals surface area (Å²) in [6.45, 7) is 1.91. The van der Waals surface area contributed by atoms with Crippen LogP contribution in [0.25, 0.3) is 5.76 Å². The molecular weight excluding hydrogens is 429 g/mol. The normalized spacial score (nSPS) is 18.4. The molecule has 4 nitrogen and oxygen atoms in total. The van der Waals surface area contributed by atoms with E-state index in [1.165, 1.54) is 16.2 Å². The number of carbonyl (C=O) groups excluding carboxylic acids is 2. The molecule has 1 amide bonds. The minimum Gasteiger partial charge on any atom is -0.507 e. The van der Waals surface area contributed by atoms with Crippen molar-refractivity contribution in [2.24, 2.45) is 0 Å². The van der Waals surface area contributed by atoms with E-state index in [-0.39, 0.29) is 11.3 Å². The van der Waals surface area contributed by atoms with Crippen LogP contribution in [0.4, 0.5) is 5.69 Å². The van der Waals surface area contributed by atoms with Crippen LogP contribution in [-0.2, 0) is 9.59 Å². The maximum atomic E-state index is 13.0. The van der Waals surface area contributed by atoms with Crippen molar-refractivity contribution in [2.75, 3.05) is 4.90 Å². The van der Waals surface area contributed by atoms with Gasteiger partial charge in [0.25, 0.3) is 11.7 Å². The molecule has 7 heteroatoms. The monoisotopic (exact) mass is 443 g/mol. The number of benzene rings is 2. The number of anilines is 1. The third kappa shape index (κ3) is 3.46. The zero-order valence-corrected chi connectivity index (χ0v) is 17.6. The first-order chi connectivity index (χ1) is 13.9. The number of halogens is 2. The SMILES string of the molecule is Cc1ccsc1C1/C(=C(/O)c2cccc(Cl)c2)C(=O)C(=O)N1c1ccc(Cl)cc1. The van der Waals surface area contributed by atoms with Crippen molar-refractivity contribution in [2.45, 2.75) is 13.0 Å². The Bertz CT molecular complexity index is 1150. The fourth-order valence-corrected chi connectivity index (χ4v) is 4.75. The minimum absolute atomic E-state index is 0.0396. The lowest BCUT2D eigenvalue weighted by molar-refractivity contribution is -0.132. The standard InChI is InChI=1S/C22H15Cl2NO3S/c1-12-9-10-29-21(12)18-17(19(26)13-3-2-4-15(24)11-13)20(27)22(28)25(18)16-7-5-14(23)6-8-16/h2-11,18,26H,1H3/b19-17-. The van der Waals surface area contributed by atoms with E-state index in [0.29, 0.717) is 21.3 Å². The van der Waals surface area contributed by atoms with Gasteiger partial charge >= 0.3 is 0 Å². The second-order valence-corrected chi connectivity index (χ2v) is 8.44. The van der Waals surface area contributed by atoms with Crippen LogP contribution >= 0.6 is 34.5 Å². The van der Waals surface area contributed by atoms with Crippen LogP contribution < -0.4 is 4.90 Å². The summed E-state index contributed by atoms with van der Waals surface area (Å²) in [6, 6.07) is 14.4. The van der Waals surface area contributed by atoms with Crippen LogP contribution in [0, 0.1) is 6.92 Å². The van der Waals surface area contributed by atoms with Crippen molar-refractivity contribution in [3.8, 4) is 0 Å². The summed E-state index contributed by atoms with van der Waals surface area (Å²) < 4.78 is 0.